The number of carbonyl (C=O) groups excluding carboxylic acids is 1. The van der Waals surface area contributed by atoms with Crippen LogP contribution in [-0.2, 0) is 0 Å². The number of halogens is 1. The third-order valence-electron chi connectivity index (χ3n) is 2.29. The number of hydrogen-bond acceptors (Lipinski definition) is 4. The molecule has 100 valence electrons. The largest absolute Gasteiger partial charge is 0.372 e. The topological polar surface area (TPSA) is 54.0 Å². The highest BCUT2D eigenvalue weighted by Crippen LogP contribution is 2.17. The van der Waals surface area contributed by atoms with Gasteiger partial charge in [-0.25, -0.2) is 4.98 Å². The van der Waals surface area contributed by atoms with E-state index in [-0.39, 0.29) is 5.91 Å². The number of nitrogens with zero attached hydrogens (tertiary/aromatic N) is 1. The number of anilines is 1. The van der Waals surface area contributed by atoms with Crippen LogP contribution in [0.4, 0.5) is 5.82 Å². The van der Waals surface area contributed by atoms with Crippen molar-refractivity contribution in [2.75, 3.05) is 30.4 Å². The van der Waals surface area contributed by atoms with E-state index in [1.807, 2.05) is 11.8 Å². The van der Waals surface area contributed by atoms with Crippen molar-refractivity contribution in [2.45, 2.75) is 13.3 Å². The van der Waals surface area contributed by atoms with Crippen molar-refractivity contribution >= 4 is 39.4 Å². The average Bonchev–Trinajstić information content (AvgIpc) is 2.38. The molecule has 0 bridgehead atoms. The Morgan fingerprint density at radius 2 is 2.33 bits per heavy atom. The number of rotatable bonds is 7. The van der Waals surface area contributed by atoms with Gasteiger partial charge in [-0.2, -0.15) is 11.8 Å². The van der Waals surface area contributed by atoms with Gasteiger partial charge in [-0.3, -0.25) is 4.79 Å². The summed E-state index contributed by atoms with van der Waals surface area (Å²) in [5.74, 6) is 2.70. The van der Waals surface area contributed by atoms with Gasteiger partial charge >= 0.3 is 0 Å². The number of amides is 1. The van der Waals surface area contributed by atoms with Crippen LogP contribution in [0, 0.1) is 0 Å². The quantitative estimate of drug-likeness (QED) is 0.754. The van der Waals surface area contributed by atoms with E-state index in [1.54, 1.807) is 19.3 Å². The summed E-state index contributed by atoms with van der Waals surface area (Å²) < 4.78 is 0.799. The summed E-state index contributed by atoms with van der Waals surface area (Å²) in [6, 6.07) is 1.77. The van der Waals surface area contributed by atoms with Crippen molar-refractivity contribution in [3.05, 3.63) is 22.3 Å². The minimum atomic E-state index is -0.0883. The van der Waals surface area contributed by atoms with Gasteiger partial charge in [0.25, 0.3) is 5.91 Å². The minimum Gasteiger partial charge on any atom is -0.372 e. The number of nitrogens with one attached hydrogen (secondary N) is 2. The fourth-order valence-corrected chi connectivity index (χ4v) is 2.40. The van der Waals surface area contributed by atoms with Crippen LogP contribution < -0.4 is 10.6 Å². The zero-order valence-corrected chi connectivity index (χ0v) is 13.0. The summed E-state index contributed by atoms with van der Waals surface area (Å²) in [7, 11) is 1.75. The lowest BCUT2D eigenvalue weighted by molar-refractivity contribution is 0.0954. The van der Waals surface area contributed by atoms with Crippen LogP contribution in [0.1, 0.15) is 23.7 Å². The molecule has 0 aliphatic heterocycles. The van der Waals surface area contributed by atoms with E-state index < -0.39 is 0 Å². The molecule has 0 radical (unpaired) electrons. The number of carbonyl (C=O) groups is 1. The maximum absolute atomic E-state index is 12.0. The van der Waals surface area contributed by atoms with Crippen LogP contribution in [0.3, 0.4) is 0 Å². The Hall–Kier alpha value is -0.750. The summed E-state index contributed by atoms with van der Waals surface area (Å²) in [4.78, 5) is 16.1. The molecule has 0 spiro atoms. The van der Waals surface area contributed by atoms with Gasteiger partial charge in [0, 0.05) is 24.3 Å². The normalized spacial score (nSPS) is 10.2. The maximum Gasteiger partial charge on any atom is 0.255 e. The molecule has 0 fully saturated rings. The molecule has 1 aromatic heterocycles. The van der Waals surface area contributed by atoms with Gasteiger partial charge in [-0.1, -0.05) is 6.92 Å². The van der Waals surface area contributed by atoms with Gasteiger partial charge in [0.05, 0.1) is 5.56 Å². The van der Waals surface area contributed by atoms with Crippen molar-refractivity contribution in [2.24, 2.45) is 0 Å². The summed E-state index contributed by atoms with van der Waals surface area (Å²) >= 11 is 5.20. The smallest absolute Gasteiger partial charge is 0.255 e. The Kier molecular flexibility index (Phi) is 7.12. The predicted octanol–water partition coefficient (Wildman–Crippen LogP) is 2.76. The first-order valence-electron chi connectivity index (χ1n) is 5.88. The van der Waals surface area contributed by atoms with Gasteiger partial charge in [-0.05, 0) is 39.9 Å². The van der Waals surface area contributed by atoms with E-state index in [0.717, 1.165) is 22.4 Å². The van der Waals surface area contributed by atoms with E-state index >= 15 is 0 Å². The second-order valence-electron chi connectivity index (χ2n) is 3.61. The van der Waals surface area contributed by atoms with E-state index in [2.05, 4.69) is 38.5 Å². The highest BCUT2D eigenvalue weighted by atomic mass is 79.9. The lowest BCUT2D eigenvalue weighted by atomic mass is 10.2. The Bertz CT molecular complexity index is 401. The standard InChI is InChI=1S/C12H18BrN3OS/c1-3-18-6-4-5-15-12(17)10-7-9(13)8-16-11(10)14-2/h7-8H,3-6H2,1-2H3,(H,14,16)(H,15,17). The molecule has 0 unspecified atom stereocenters. The maximum atomic E-state index is 12.0. The molecule has 0 atom stereocenters. The van der Waals surface area contributed by atoms with Gasteiger partial charge in [0.15, 0.2) is 0 Å². The Morgan fingerprint density at radius 1 is 1.56 bits per heavy atom. The molecule has 1 aromatic rings. The van der Waals surface area contributed by atoms with Crippen molar-refractivity contribution in [3.8, 4) is 0 Å². The molecule has 2 N–H and O–H groups in total. The second kappa shape index (κ2) is 8.37. The van der Waals surface area contributed by atoms with Gasteiger partial charge in [0.2, 0.25) is 0 Å². The minimum absolute atomic E-state index is 0.0883. The molecule has 0 aliphatic rings. The third-order valence-corrected chi connectivity index (χ3v) is 3.71. The summed E-state index contributed by atoms with van der Waals surface area (Å²) in [6.45, 7) is 2.83. The fraction of sp³-hybridized carbons (Fsp3) is 0.500. The number of thioether (sulfide) groups is 1. The van der Waals surface area contributed by atoms with E-state index in [9.17, 15) is 4.79 Å². The molecule has 4 nitrogen and oxygen atoms in total. The van der Waals surface area contributed by atoms with Crippen LogP contribution in [0.25, 0.3) is 0 Å². The monoisotopic (exact) mass is 331 g/mol. The van der Waals surface area contributed by atoms with Crippen LogP contribution >= 0.6 is 27.7 Å². The molecule has 1 heterocycles. The van der Waals surface area contributed by atoms with Crippen LogP contribution in [0.5, 0.6) is 0 Å². The summed E-state index contributed by atoms with van der Waals surface area (Å²) in [5.41, 5.74) is 0.565. The number of hydrogen-bond donors (Lipinski definition) is 2. The summed E-state index contributed by atoms with van der Waals surface area (Å²) in [5, 5.41) is 5.82. The molecule has 0 saturated heterocycles. The second-order valence-corrected chi connectivity index (χ2v) is 5.92. The Balaban J connectivity index is 2.52. The highest BCUT2D eigenvalue weighted by molar-refractivity contribution is 9.10. The zero-order chi connectivity index (χ0) is 13.4. The van der Waals surface area contributed by atoms with Crippen molar-refractivity contribution < 1.29 is 4.79 Å². The molecule has 0 aliphatic carbocycles. The van der Waals surface area contributed by atoms with Crippen molar-refractivity contribution in [1.82, 2.24) is 10.3 Å². The molecule has 1 rings (SSSR count). The van der Waals surface area contributed by atoms with E-state index in [0.29, 0.717) is 17.9 Å². The lowest BCUT2D eigenvalue weighted by Crippen LogP contribution is -2.26. The Morgan fingerprint density at radius 3 is 3.00 bits per heavy atom. The summed E-state index contributed by atoms with van der Waals surface area (Å²) in [6.07, 6.45) is 2.65. The first kappa shape index (κ1) is 15.3. The van der Waals surface area contributed by atoms with E-state index in [4.69, 9.17) is 0 Å². The lowest BCUT2D eigenvalue weighted by Gasteiger charge is -2.09. The number of pyridine rings is 1. The van der Waals surface area contributed by atoms with Gasteiger partial charge in [0.1, 0.15) is 5.82 Å². The highest BCUT2D eigenvalue weighted by Gasteiger charge is 2.11. The van der Waals surface area contributed by atoms with Crippen molar-refractivity contribution in [3.63, 3.8) is 0 Å². The Labute approximate surface area is 120 Å². The average molecular weight is 332 g/mol. The molecular formula is C12H18BrN3OS. The molecule has 6 heteroatoms. The molecule has 18 heavy (non-hydrogen) atoms. The van der Waals surface area contributed by atoms with Crippen LogP contribution in [0.2, 0.25) is 0 Å². The molecule has 1 amide bonds. The molecule has 0 saturated carbocycles. The van der Waals surface area contributed by atoms with Gasteiger partial charge < -0.3 is 10.6 Å². The molecular weight excluding hydrogens is 314 g/mol. The SMILES string of the molecule is CCSCCCNC(=O)c1cc(Br)cnc1NC. The first-order valence-corrected chi connectivity index (χ1v) is 7.83. The van der Waals surface area contributed by atoms with E-state index in [1.165, 1.54) is 0 Å². The fourth-order valence-electron chi connectivity index (χ4n) is 1.43. The number of aromatic nitrogens is 1. The predicted molar refractivity (Wildman–Crippen MR) is 81.4 cm³/mol. The van der Waals surface area contributed by atoms with Crippen LogP contribution in [0.15, 0.2) is 16.7 Å². The zero-order valence-electron chi connectivity index (χ0n) is 10.6. The third kappa shape index (κ3) is 4.86. The molecule has 0 aromatic carbocycles. The van der Waals surface area contributed by atoms with Crippen LogP contribution in [-0.4, -0.2) is 36.0 Å². The van der Waals surface area contributed by atoms with Gasteiger partial charge in [-0.15, -0.1) is 0 Å². The van der Waals surface area contributed by atoms with Crippen molar-refractivity contribution in [1.29, 1.82) is 0 Å². The first-order chi connectivity index (χ1) is 8.69.